The van der Waals surface area contributed by atoms with Crippen molar-refractivity contribution in [2.24, 2.45) is 0 Å². The quantitative estimate of drug-likeness (QED) is 0.149. The fourth-order valence-corrected chi connectivity index (χ4v) is 6.40. The molecule has 2 aromatic carbocycles. The lowest BCUT2D eigenvalue weighted by atomic mass is 9.96. The monoisotopic (exact) mass is 622 g/mol. The number of nitrogens with zero attached hydrogens (tertiary/aromatic N) is 4. The summed E-state index contributed by atoms with van der Waals surface area (Å²) in [4.78, 5) is 17.7. The number of pyridine rings is 1. The summed E-state index contributed by atoms with van der Waals surface area (Å²) in [5, 5.41) is 15.5. The van der Waals surface area contributed by atoms with Gasteiger partial charge < -0.3 is 24.3 Å². The maximum absolute atomic E-state index is 11.9. The van der Waals surface area contributed by atoms with Gasteiger partial charge in [-0.25, -0.2) is 8.42 Å². The lowest BCUT2D eigenvalue weighted by molar-refractivity contribution is -0.384. The van der Waals surface area contributed by atoms with Crippen molar-refractivity contribution in [3.8, 4) is 17.2 Å². The Labute approximate surface area is 254 Å². The van der Waals surface area contributed by atoms with E-state index in [4.69, 9.17) is 21.7 Å². The van der Waals surface area contributed by atoms with Crippen LogP contribution < -0.4 is 24.4 Å². The minimum atomic E-state index is -3.54. The molecular formula is C29H30N6O6S2. The molecule has 2 N–H and O–H groups in total. The average Bonchev–Trinajstić information content (AvgIpc) is 3.47. The Morgan fingerprint density at radius 1 is 1.05 bits per heavy atom. The largest absolute Gasteiger partial charge is 0.495 e. The first kappa shape index (κ1) is 29.8. The number of rotatable bonds is 9. The first-order chi connectivity index (χ1) is 20.4. The lowest BCUT2D eigenvalue weighted by Crippen LogP contribution is -2.29. The van der Waals surface area contributed by atoms with Gasteiger partial charge in [0, 0.05) is 41.5 Å². The van der Waals surface area contributed by atoms with Gasteiger partial charge >= 0.3 is 0 Å². The van der Waals surface area contributed by atoms with Crippen molar-refractivity contribution in [3.05, 3.63) is 99.6 Å². The van der Waals surface area contributed by atoms with Crippen molar-refractivity contribution in [2.45, 2.75) is 25.9 Å². The highest BCUT2D eigenvalue weighted by molar-refractivity contribution is 7.92. The summed E-state index contributed by atoms with van der Waals surface area (Å²) in [6.07, 6.45) is 2.78. The smallest absolute Gasteiger partial charge is 0.271 e. The number of non-ortho nitro benzene ring substituents is 1. The summed E-state index contributed by atoms with van der Waals surface area (Å²) < 4.78 is 39.4. The number of benzene rings is 2. The zero-order chi connectivity index (χ0) is 31.1. The molecule has 12 nitrogen and oxygen atoms in total. The Balaban J connectivity index is 1.70. The second-order valence-electron chi connectivity index (χ2n) is 10.0. The molecule has 1 aliphatic heterocycles. The number of nitro benzene ring substituents is 1. The highest BCUT2D eigenvalue weighted by Crippen LogP contribution is 2.45. The van der Waals surface area contributed by atoms with Crippen molar-refractivity contribution in [1.29, 1.82) is 0 Å². The molecule has 0 unspecified atom stereocenters. The van der Waals surface area contributed by atoms with Gasteiger partial charge in [-0.1, -0.05) is 6.07 Å². The summed E-state index contributed by atoms with van der Waals surface area (Å²) in [5.41, 5.74) is 4.73. The average molecular weight is 623 g/mol. The molecule has 1 saturated heterocycles. The molecule has 0 amide bonds. The van der Waals surface area contributed by atoms with Crippen molar-refractivity contribution >= 4 is 44.4 Å². The van der Waals surface area contributed by atoms with E-state index in [0.29, 0.717) is 33.7 Å². The van der Waals surface area contributed by atoms with Crippen LogP contribution in [0.15, 0.2) is 66.9 Å². The number of sulfonamides is 1. The molecule has 0 spiro atoms. The summed E-state index contributed by atoms with van der Waals surface area (Å²) in [6, 6.07) is 16.5. The van der Waals surface area contributed by atoms with E-state index in [0.717, 1.165) is 28.9 Å². The number of hydrogen-bond donors (Lipinski definition) is 2. The molecule has 224 valence electrons. The predicted molar refractivity (Wildman–Crippen MR) is 168 cm³/mol. The van der Waals surface area contributed by atoms with Crippen molar-refractivity contribution in [3.63, 3.8) is 0 Å². The number of nitro groups is 1. The zero-order valence-electron chi connectivity index (χ0n) is 24.1. The number of aryl methyl sites for hydroxylation is 1. The molecule has 2 aromatic heterocycles. The van der Waals surface area contributed by atoms with Crippen LogP contribution in [0.1, 0.15) is 34.7 Å². The van der Waals surface area contributed by atoms with E-state index in [2.05, 4.69) is 15.0 Å². The molecule has 0 saturated carbocycles. The number of aromatic nitrogens is 2. The van der Waals surface area contributed by atoms with Gasteiger partial charge in [-0.2, -0.15) is 0 Å². The number of nitrogens with one attached hydrogen (secondary N) is 2. The Morgan fingerprint density at radius 3 is 2.42 bits per heavy atom. The van der Waals surface area contributed by atoms with Gasteiger partial charge in [-0.05, 0) is 68.0 Å². The fourth-order valence-electron chi connectivity index (χ4n) is 5.49. The fraction of sp³-hybridized carbons (Fsp3) is 0.241. The standard InChI is InChI=1S/C29H30N6O6S2/c1-17-14-21(18(2)33(17)24-15-20(35(36)37)10-12-25(24)40-3)28-27(23-8-6-7-13-30-23)31-29(42)34(28)19-9-11-22(26(16-19)41-4)32-43(5,38)39/h6-16,27-28,32H,1-5H3,(H,31,42)/t27-,28-/m0/s1. The van der Waals surface area contributed by atoms with E-state index < -0.39 is 21.0 Å². The number of hydrogen-bond acceptors (Lipinski definition) is 8. The van der Waals surface area contributed by atoms with E-state index in [1.165, 1.54) is 26.4 Å². The van der Waals surface area contributed by atoms with E-state index in [1.54, 1.807) is 30.5 Å². The summed E-state index contributed by atoms with van der Waals surface area (Å²) in [7, 11) is -0.563. The van der Waals surface area contributed by atoms with Crippen LogP contribution in [-0.2, 0) is 10.0 Å². The minimum absolute atomic E-state index is 0.0589. The van der Waals surface area contributed by atoms with Crippen LogP contribution in [0, 0.1) is 24.0 Å². The van der Waals surface area contributed by atoms with E-state index in [-0.39, 0.29) is 11.7 Å². The van der Waals surface area contributed by atoms with Crippen molar-refractivity contribution in [1.82, 2.24) is 14.9 Å². The van der Waals surface area contributed by atoms with Gasteiger partial charge in [0.1, 0.15) is 11.5 Å². The van der Waals surface area contributed by atoms with Crippen LogP contribution in [0.2, 0.25) is 0 Å². The molecule has 0 radical (unpaired) electrons. The Bertz CT molecular complexity index is 1830. The maximum Gasteiger partial charge on any atom is 0.271 e. The van der Waals surface area contributed by atoms with Crippen molar-refractivity contribution < 1.29 is 22.8 Å². The van der Waals surface area contributed by atoms with Gasteiger partial charge in [0.15, 0.2) is 5.11 Å². The van der Waals surface area contributed by atoms with Gasteiger partial charge in [-0.15, -0.1) is 0 Å². The molecule has 43 heavy (non-hydrogen) atoms. The number of anilines is 2. The summed E-state index contributed by atoms with van der Waals surface area (Å²) in [5.74, 6) is 0.799. The molecule has 0 aliphatic carbocycles. The molecule has 1 aliphatic rings. The highest BCUT2D eigenvalue weighted by atomic mass is 32.2. The SMILES string of the molecule is COc1cc(N2C(=S)N[C@@H](c3ccccn3)[C@@H]2c2cc(C)n(-c3cc([N+](=O)[O-])ccc3OC)c2C)ccc1NS(C)(=O)=O. The molecule has 14 heteroatoms. The van der Waals surface area contributed by atoms with Crippen molar-refractivity contribution in [2.75, 3.05) is 30.1 Å². The van der Waals surface area contributed by atoms with Crippen LogP contribution >= 0.6 is 12.2 Å². The molecule has 0 bridgehead atoms. The summed E-state index contributed by atoms with van der Waals surface area (Å²) >= 11 is 5.87. The van der Waals surface area contributed by atoms with Crippen LogP contribution in [0.25, 0.3) is 5.69 Å². The van der Waals surface area contributed by atoms with Gasteiger partial charge in [0.2, 0.25) is 10.0 Å². The third-order valence-electron chi connectivity index (χ3n) is 7.26. The third kappa shape index (κ3) is 5.70. The number of ether oxygens (including phenoxy) is 2. The first-order valence-electron chi connectivity index (χ1n) is 13.1. The Morgan fingerprint density at radius 2 is 1.79 bits per heavy atom. The van der Waals surface area contributed by atoms with Crippen LogP contribution in [0.5, 0.6) is 11.5 Å². The molecule has 5 rings (SSSR count). The molecule has 1 fully saturated rings. The minimum Gasteiger partial charge on any atom is -0.495 e. The number of methoxy groups -OCH3 is 2. The molecule has 4 aromatic rings. The van der Waals surface area contributed by atoms with Gasteiger partial charge in [0.25, 0.3) is 5.69 Å². The molecule has 3 heterocycles. The molecule has 2 atom stereocenters. The predicted octanol–water partition coefficient (Wildman–Crippen LogP) is 4.96. The molecular weight excluding hydrogens is 592 g/mol. The van der Waals surface area contributed by atoms with Gasteiger partial charge in [0.05, 0.1) is 54.6 Å². The second-order valence-corrected chi connectivity index (χ2v) is 12.2. The maximum atomic E-state index is 11.9. The third-order valence-corrected chi connectivity index (χ3v) is 8.17. The first-order valence-corrected chi connectivity index (χ1v) is 15.4. The van der Waals surface area contributed by atoms with E-state index in [1.807, 2.05) is 47.6 Å². The van der Waals surface area contributed by atoms with Gasteiger partial charge in [-0.3, -0.25) is 19.8 Å². The van der Waals surface area contributed by atoms with E-state index >= 15 is 0 Å². The zero-order valence-corrected chi connectivity index (χ0v) is 25.7. The van der Waals surface area contributed by atoms with Crippen LogP contribution in [0.3, 0.4) is 0 Å². The van der Waals surface area contributed by atoms with Crippen LogP contribution in [0.4, 0.5) is 17.1 Å². The Hall–Kier alpha value is -4.69. The highest BCUT2D eigenvalue weighted by Gasteiger charge is 2.42. The summed E-state index contributed by atoms with van der Waals surface area (Å²) in [6.45, 7) is 3.86. The normalized spacial score (nSPS) is 16.6. The Kier molecular flexibility index (Phi) is 7.99. The van der Waals surface area contributed by atoms with E-state index in [9.17, 15) is 18.5 Å². The van der Waals surface area contributed by atoms with Crippen LogP contribution in [-0.4, -0.2) is 48.5 Å². The topological polar surface area (TPSA) is 141 Å². The number of thiocarbonyl (C=S) groups is 1. The lowest BCUT2D eigenvalue weighted by Gasteiger charge is -2.29. The second kappa shape index (κ2) is 11.5.